The third kappa shape index (κ3) is 3.82. The number of rotatable bonds is 5. The van der Waals surface area contributed by atoms with E-state index in [0.29, 0.717) is 11.7 Å². The normalized spacial score (nSPS) is 16.4. The summed E-state index contributed by atoms with van der Waals surface area (Å²) in [6.45, 7) is 2.49. The second-order valence-electron chi connectivity index (χ2n) is 6.82. The van der Waals surface area contributed by atoms with E-state index in [1.54, 1.807) is 4.90 Å². The largest absolute Gasteiger partial charge is 0.312 e. The van der Waals surface area contributed by atoms with E-state index >= 15 is 0 Å². The Balaban J connectivity index is 1.41. The van der Waals surface area contributed by atoms with Crippen molar-refractivity contribution in [2.24, 2.45) is 5.92 Å². The van der Waals surface area contributed by atoms with Crippen LogP contribution in [0, 0.1) is 5.92 Å². The quantitative estimate of drug-likeness (QED) is 0.703. The number of carbonyl (C=O) groups excluding carboxylic acids is 2. The molecule has 2 heterocycles. The summed E-state index contributed by atoms with van der Waals surface area (Å²) in [7, 11) is 0. The van der Waals surface area contributed by atoms with Crippen molar-refractivity contribution in [3.8, 4) is 11.3 Å². The molecule has 1 N–H and O–H groups in total. The highest BCUT2D eigenvalue weighted by Crippen LogP contribution is 2.28. The van der Waals surface area contributed by atoms with E-state index < -0.39 is 0 Å². The minimum absolute atomic E-state index is 0.0199. The van der Waals surface area contributed by atoms with Crippen molar-refractivity contribution in [3.63, 3.8) is 0 Å². The Labute approximate surface area is 168 Å². The number of anilines is 2. The van der Waals surface area contributed by atoms with Crippen molar-refractivity contribution in [3.05, 3.63) is 65.5 Å². The van der Waals surface area contributed by atoms with Crippen molar-refractivity contribution < 1.29 is 9.59 Å². The van der Waals surface area contributed by atoms with Crippen LogP contribution in [0.3, 0.4) is 0 Å². The number of carbonyl (C=O) groups is 2. The van der Waals surface area contributed by atoms with E-state index in [9.17, 15) is 9.59 Å². The van der Waals surface area contributed by atoms with E-state index in [1.165, 1.54) is 16.9 Å². The zero-order chi connectivity index (χ0) is 19.5. The minimum Gasteiger partial charge on any atom is -0.312 e. The fourth-order valence-electron chi connectivity index (χ4n) is 3.32. The lowest BCUT2D eigenvalue weighted by Gasteiger charge is -2.17. The monoisotopic (exact) mass is 391 g/mol. The number of nitrogens with zero attached hydrogens (tertiary/aromatic N) is 2. The molecule has 28 heavy (non-hydrogen) atoms. The van der Waals surface area contributed by atoms with Gasteiger partial charge in [0.15, 0.2) is 5.13 Å². The number of hydrogen-bond acceptors (Lipinski definition) is 4. The van der Waals surface area contributed by atoms with Crippen molar-refractivity contribution in [2.45, 2.75) is 19.8 Å². The third-order valence-corrected chi connectivity index (χ3v) is 5.71. The molecule has 3 aromatic rings. The molecule has 1 fully saturated rings. The van der Waals surface area contributed by atoms with Crippen molar-refractivity contribution >= 4 is 34.0 Å². The molecule has 0 saturated carbocycles. The van der Waals surface area contributed by atoms with Crippen LogP contribution in [0.2, 0.25) is 0 Å². The minimum atomic E-state index is -0.373. The molecular weight excluding hydrogens is 370 g/mol. The Morgan fingerprint density at radius 3 is 2.64 bits per heavy atom. The van der Waals surface area contributed by atoms with Gasteiger partial charge in [-0.05, 0) is 24.1 Å². The number of aryl methyl sites for hydroxylation is 1. The van der Waals surface area contributed by atoms with E-state index in [1.807, 2.05) is 60.0 Å². The van der Waals surface area contributed by atoms with Crippen LogP contribution < -0.4 is 10.2 Å². The van der Waals surface area contributed by atoms with Gasteiger partial charge in [-0.3, -0.25) is 9.59 Å². The van der Waals surface area contributed by atoms with Gasteiger partial charge in [-0.15, -0.1) is 11.3 Å². The Morgan fingerprint density at radius 1 is 1.18 bits per heavy atom. The summed E-state index contributed by atoms with van der Waals surface area (Å²) < 4.78 is 0. The predicted octanol–water partition coefficient (Wildman–Crippen LogP) is 4.36. The summed E-state index contributed by atoms with van der Waals surface area (Å²) >= 11 is 1.39. The van der Waals surface area contributed by atoms with Gasteiger partial charge < -0.3 is 10.2 Å². The maximum atomic E-state index is 12.7. The van der Waals surface area contributed by atoms with E-state index in [0.717, 1.165) is 23.4 Å². The van der Waals surface area contributed by atoms with Crippen LogP contribution in [0.4, 0.5) is 10.8 Å². The van der Waals surface area contributed by atoms with Gasteiger partial charge in [0.05, 0.1) is 11.6 Å². The first kappa shape index (κ1) is 18.4. The molecule has 0 bridgehead atoms. The number of benzene rings is 2. The topological polar surface area (TPSA) is 62.3 Å². The van der Waals surface area contributed by atoms with Gasteiger partial charge >= 0.3 is 0 Å². The second-order valence-corrected chi connectivity index (χ2v) is 7.68. The molecule has 1 saturated heterocycles. The summed E-state index contributed by atoms with van der Waals surface area (Å²) in [5.74, 6) is -0.550. The average Bonchev–Trinajstić information content (AvgIpc) is 3.35. The second kappa shape index (κ2) is 7.94. The van der Waals surface area contributed by atoms with Gasteiger partial charge in [0.25, 0.3) is 0 Å². The Morgan fingerprint density at radius 2 is 1.93 bits per heavy atom. The molecule has 1 aliphatic heterocycles. The molecule has 0 spiro atoms. The molecule has 5 nitrogen and oxygen atoms in total. The Kier molecular flexibility index (Phi) is 5.21. The van der Waals surface area contributed by atoms with Gasteiger partial charge in [-0.2, -0.15) is 0 Å². The number of amides is 2. The summed E-state index contributed by atoms with van der Waals surface area (Å²) in [5, 5.41) is 5.35. The molecule has 0 aliphatic carbocycles. The first-order valence-electron chi connectivity index (χ1n) is 9.35. The van der Waals surface area contributed by atoms with Crippen molar-refractivity contribution in [1.29, 1.82) is 0 Å². The Bertz CT molecular complexity index is 983. The number of aromatic nitrogens is 1. The van der Waals surface area contributed by atoms with E-state index in [-0.39, 0.29) is 24.2 Å². The summed E-state index contributed by atoms with van der Waals surface area (Å²) in [6, 6.07) is 17.8. The van der Waals surface area contributed by atoms with Gasteiger partial charge in [0.1, 0.15) is 0 Å². The number of nitrogens with one attached hydrogen (secondary N) is 1. The maximum absolute atomic E-state index is 12.7. The first-order valence-corrected chi connectivity index (χ1v) is 10.2. The van der Waals surface area contributed by atoms with Crippen molar-refractivity contribution in [2.75, 3.05) is 16.8 Å². The predicted molar refractivity (Wildman–Crippen MR) is 112 cm³/mol. The fourth-order valence-corrected chi connectivity index (χ4v) is 4.05. The smallest absolute Gasteiger partial charge is 0.231 e. The lowest BCUT2D eigenvalue weighted by molar-refractivity contribution is -0.122. The van der Waals surface area contributed by atoms with Crippen molar-refractivity contribution in [1.82, 2.24) is 4.98 Å². The molecule has 142 valence electrons. The van der Waals surface area contributed by atoms with Gasteiger partial charge in [-0.1, -0.05) is 49.4 Å². The zero-order valence-electron chi connectivity index (χ0n) is 15.6. The highest BCUT2D eigenvalue weighted by atomic mass is 32.1. The third-order valence-electron chi connectivity index (χ3n) is 4.96. The molecule has 0 unspecified atom stereocenters. The summed E-state index contributed by atoms with van der Waals surface area (Å²) in [4.78, 5) is 31.3. The van der Waals surface area contributed by atoms with Crippen LogP contribution in [0.5, 0.6) is 0 Å². The molecule has 1 aliphatic rings. The highest BCUT2D eigenvalue weighted by Gasteiger charge is 2.35. The van der Waals surface area contributed by atoms with Crippen LogP contribution in [0.1, 0.15) is 18.9 Å². The van der Waals surface area contributed by atoms with Crippen LogP contribution in [-0.4, -0.2) is 23.3 Å². The van der Waals surface area contributed by atoms with Crippen LogP contribution in [0.25, 0.3) is 11.3 Å². The SMILES string of the molecule is CCc1ccc(N2C[C@H](C(=O)Nc3nc(-c4ccccc4)cs3)CC2=O)cc1. The summed E-state index contributed by atoms with van der Waals surface area (Å²) in [6.07, 6.45) is 1.18. The molecule has 4 rings (SSSR count). The number of hydrogen-bond donors (Lipinski definition) is 1. The van der Waals surface area contributed by atoms with Crippen LogP contribution in [-0.2, 0) is 16.0 Å². The highest BCUT2D eigenvalue weighted by molar-refractivity contribution is 7.14. The lowest BCUT2D eigenvalue weighted by atomic mass is 10.1. The van der Waals surface area contributed by atoms with Gasteiger partial charge in [-0.25, -0.2) is 4.98 Å². The number of thiazole rings is 1. The molecule has 0 radical (unpaired) electrons. The molecule has 1 atom stereocenters. The molecular formula is C22H21N3O2S. The fraction of sp³-hybridized carbons (Fsp3) is 0.227. The van der Waals surface area contributed by atoms with E-state index in [2.05, 4.69) is 17.2 Å². The standard InChI is InChI=1S/C22H21N3O2S/c1-2-15-8-10-18(11-9-15)25-13-17(12-20(25)26)21(27)24-22-23-19(14-28-22)16-6-4-3-5-7-16/h3-11,14,17H,2,12-13H2,1H3,(H,23,24,27)/t17-/m1/s1. The lowest BCUT2D eigenvalue weighted by Crippen LogP contribution is -2.28. The van der Waals surface area contributed by atoms with Crippen LogP contribution >= 0.6 is 11.3 Å². The van der Waals surface area contributed by atoms with Gasteiger partial charge in [0, 0.05) is 29.6 Å². The summed E-state index contributed by atoms with van der Waals surface area (Å²) in [5.41, 5.74) is 3.92. The average molecular weight is 391 g/mol. The molecule has 2 amide bonds. The molecule has 6 heteroatoms. The van der Waals surface area contributed by atoms with E-state index in [4.69, 9.17) is 0 Å². The molecule has 2 aromatic carbocycles. The molecule has 1 aromatic heterocycles. The van der Waals surface area contributed by atoms with Crippen LogP contribution in [0.15, 0.2) is 60.0 Å². The Hall–Kier alpha value is -2.99. The maximum Gasteiger partial charge on any atom is 0.231 e. The first-order chi connectivity index (χ1) is 13.6. The van der Waals surface area contributed by atoms with Gasteiger partial charge in [0.2, 0.25) is 11.8 Å². The zero-order valence-corrected chi connectivity index (χ0v) is 16.4.